The number of carbonyl (C=O) groups excluding carboxylic acids is 1. The monoisotopic (exact) mass is 377 g/mol. The van der Waals surface area contributed by atoms with Gasteiger partial charge in [-0.15, -0.1) is 0 Å². The quantitative estimate of drug-likeness (QED) is 0.620. The molecule has 0 fully saturated rings. The van der Waals surface area contributed by atoms with Crippen LogP contribution in [-0.2, 0) is 16.0 Å². The average Bonchev–Trinajstić information content (AvgIpc) is 3.22. The van der Waals surface area contributed by atoms with Gasteiger partial charge < -0.3 is 14.0 Å². The number of fused-ring (bicyclic) bond motifs is 2. The lowest BCUT2D eigenvalue weighted by Gasteiger charge is -2.10. The number of hydrogen-bond donors (Lipinski definition) is 0. The highest BCUT2D eigenvalue weighted by molar-refractivity contribution is 6.45. The lowest BCUT2D eigenvalue weighted by Crippen LogP contribution is -2.27. The molecule has 25 heavy (non-hydrogen) atoms. The van der Waals surface area contributed by atoms with Crippen molar-refractivity contribution in [3.05, 3.63) is 45.9 Å². The van der Waals surface area contributed by atoms with Gasteiger partial charge in [0.2, 0.25) is 0 Å². The topological polar surface area (TPSA) is 61.6 Å². The molecule has 0 saturated carbocycles. The fourth-order valence-corrected chi connectivity index (χ4v) is 3.44. The second-order valence-electron chi connectivity index (χ2n) is 5.63. The molecule has 3 aromatic rings. The molecule has 7 heteroatoms. The molecule has 5 nitrogen and oxygen atoms in total. The SMILES string of the molecule is CCOC(=O)C1Cc2cc(-c3noc4ccccc34)c(Cl)c(Cl)c2O1. The number of benzene rings is 2. The minimum atomic E-state index is -0.715. The fourth-order valence-electron chi connectivity index (χ4n) is 2.94. The van der Waals surface area contributed by atoms with E-state index >= 15 is 0 Å². The summed E-state index contributed by atoms with van der Waals surface area (Å²) in [7, 11) is 0. The summed E-state index contributed by atoms with van der Waals surface area (Å²) in [6.45, 7) is 2.04. The maximum Gasteiger partial charge on any atom is 0.347 e. The first kappa shape index (κ1) is 16.2. The summed E-state index contributed by atoms with van der Waals surface area (Å²) in [6, 6.07) is 9.33. The first-order valence-corrected chi connectivity index (χ1v) is 8.54. The number of esters is 1. The van der Waals surface area contributed by atoms with Crippen LogP contribution in [0.25, 0.3) is 22.2 Å². The predicted molar refractivity (Wildman–Crippen MR) is 94.2 cm³/mol. The Bertz CT molecular complexity index is 983. The molecule has 0 bridgehead atoms. The van der Waals surface area contributed by atoms with Crippen LogP contribution in [0.4, 0.5) is 0 Å². The average molecular weight is 378 g/mol. The number of carbonyl (C=O) groups is 1. The Balaban J connectivity index is 1.79. The minimum absolute atomic E-state index is 0.257. The van der Waals surface area contributed by atoms with E-state index in [2.05, 4.69) is 5.16 Å². The third-order valence-electron chi connectivity index (χ3n) is 4.09. The molecule has 4 rings (SSSR count). The Labute approximate surface area is 153 Å². The normalized spacial score (nSPS) is 15.9. The first-order valence-electron chi connectivity index (χ1n) is 7.79. The third kappa shape index (κ3) is 2.64. The van der Waals surface area contributed by atoms with Crippen molar-refractivity contribution in [2.24, 2.45) is 0 Å². The second-order valence-corrected chi connectivity index (χ2v) is 6.39. The molecule has 1 aliphatic heterocycles. The van der Waals surface area contributed by atoms with Gasteiger partial charge in [0.25, 0.3) is 0 Å². The van der Waals surface area contributed by atoms with Crippen molar-refractivity contribution < 1.29 is 18.8 Å². The summed E-state index contributed by atoms with van der Waals surface area (Å²) in [5.41, 5.74) is 2.69. The van der Waals surface area contributed by atoms with E-state index in [1.807, 2.05) is 30.3 Å². The van der Waals surface area contributed by atoms with E-state index in [9.17, 15) is 4.79 Å². The standard InChI is InChI=1S/C18H13Cl2NO4/c1-2-23-18(22)13-8-9-7-11(14(19)15(20)17(9)24-13)16-10-5-3-4-6-12(10)25-21-16/h3-7,13H,2,8H2,1H3. The minimum Gasteiger partial charge on any atom is -0.476 e. The molecular weight excluding hydrogens is 365 g/mol. The molecule has 1 atom stereocenters. The van der Waals surface area contributed by atoms with Crippen LogP contribution in [0, 0.1) is 0 Å². The molecule has 128 valence electrons. The number of halogens is 2. The zero-order valence-corrected chi connectivity index (χ0v) is 14.7. The fraction of sp³-hybridized carbons (Fsp3) is 0.222. The van der Waals surface area contributed by atoms with Gasteiger partial charge in [0.15, 0.2) is 11.7 Å². The van der Waals surface area contributed by atoms with Gasteiger partial charge in [-0.1, -0.05) is 40.5 Å². The van der Waals surface area contributed by atoms with E-state index in [0.29, 0.717) is 40.6 Å². The largest absolute Gasteiger partial charge is 0.476 e. The van der Waals surface area contributed by atoms with E-state index < -0.39 is 12.1 Å². The van der Waals surface area contributed by atoms with E-state index in [0.717, 1.165) is 10.9 Å². The molecule has 0 N–H and O–H groups in total. The zero-order chi connectivity index (χ0) is 17.6. The number of hydrogen-bond acceptors (Lipinski definition) is 5. The molecule has 2 heterocycles. The molecule has 1 unspecified atom stereocenters. The van der Waals surface area contributed by atoms with Gasteiger partial charge in [0.1, 0.15) is 16.5 Å². The third-order valence-corrected chi connectivity index (χ3v) is 4.94. The predicted octanol–water partition coefficient (Wildman–Crippen LogP) is 4.67. The molecule has 0 radical (unpaired) electrons. The van der Waals surface area contributed by atoms with E-state index in [1.165, 1.54) is 0 Å². The van der Waals surface area contributed by atoms with Gasteiger partial charge in [-0.25, -0.2) is 4.79 Å². The number of rotatable bonds is 3. The number of aromatic nitrogens is 1. The number of ether oxygens (including phenoxy) is 2. The Kier molecular flexibility index (Phi) is 4.06. The number of nitrogens with zero attached hydrogens (tertiary/aromatic N) is 1. The van der Waals surface area contributed by atoms with Crippen LogP contribution in [0.1, 0.15) is 12.5 Å². The van der Waals surface area contributed by atoms with Crippen molar-refractivity contribution in [3.8, 4) is 17.0 Å². The smallest absolute Gasteiger partial charge is 0.347 e. The van der Waals surface area contributed by atoms with Gasteiger partial charge in [-0.2, -0.15) is 0 Å². The van der Waals surface area contributed by atoms with Gasteiger partial charge >= 0.3 is 5.97 Å². The van der Waals surface area contributed by atoms with Crippen LogP contribution in [0.15, 0.2) is 34.9 Å². The lowest BCUT2D eigenvalue weighted by molar-refractivity contribution is -0.150. The van der Waals surface area contributed by atoms with Gasteiger partial charge in [0, 0.05) is 22.9 Å². The summed E-state index contributed by atoms with van der Waals surface area (Å²) < 4.78 is 16.0. The van der Waals surface area contributed by atoms with E-state index in [-0.39, 0.29) is 5.02 Å². The molecule has 1 aliphatic rings. The summed E-state index contributed by atoms with van der Waals surface area (Å²) in [6.07, 6.45) is -0.346. The molecule has 0 aliphatic carbocycles. The summed E-state index contributed by atoms with van der Waals surface area (Å²) in [5.74, 6) is 0.000551. The maximum absolute atomic E-state index is 11.9. The van der Waals surface area contributed by atoms with Crippen molar-refractivity contribution in [2.75, 3.05) is 6.61 Å². The van der Waals surface area contributed by atoms with Gasteiger partial charge in [-0.3, -0.25) is 0 Å². The Hall–Kier alpha value is -2.24. The van der Waals surface area contributed by atoms with Crippen molar-refractivity contribution in [3.63, 3.8) is 0 Å². The molecule has 0 spiro atoms. The van der Waals surface area contributed by atoms with Gasteiger partial charge in [0.05, 0.1) is 11.6 Å². The Morgan fingerprint density at radius 1 is 1.32 bits per heavy atom. The van der Waals surface area contributed by atoms with Crippen molar-refractivity contribution in [2.45, 2.75) is 19.4 Å². The van der Waals surface area contributed by atoms with Crippen LogP contribution < -0.4 is 4.74 Å². The maximum atomic E-state index is 11.9. The van der Waals surface area contributed by atoms with Crippen molar-refractivity contribution in [1.82, 2.24) is 5.16 Å². The summed E-state index contributed by atoms with van der Waals surface area (Å²) in [4.78, 5) is 11.9. The Morgan fingerprint density at radius 2 is 2.12 bits per heavy atom. The van der Waals surface area contributed by atoms with Crippen molar-refractivity contribution in [1.29, 1.82) is 0 Å². The molecule has 1 aromatic heterocycles. The second kappa shape index (κ2) is 6.24. The number of para-hydroxylation sites is 1. The highest BCUT2D eigenvalue weighted by atomic mass is 35.5. The van der Waals surface area contributed by atoms with Crippen LogP contribution >= 0.6 is 23.2 Å². The Morgan fingerprint density at radius 3 is 2.92 bits per heavy atom. The highest BCUT2D eigenvalue weighted by Crippen LogP contribution is 2.46. The van der Waals surface area contributed by atoms with Crippen molar-refractivity contribution >= 4 is 40.1 Å². The van der Waals surface area contributed by atoms with E-state index in [4.69, 9.17) is 37.2 Å². The first-order chi connectivity index (χ1) is 12.1. The molecule has 2 aromatic carbocycles. The van der Waals surface area contributed by atoms with Crippen LogP contribution in [0.3, 0.4) is 0 Å². The van der Waals surface area contributed by atoms with Crippen LogP contribution in [0.2, 0.25) is 10.0 Å². The van der Waals surface area contributed by atoms with E-state index in [1.54, 1.807) is 6.92 Å². The molecule has 0 amide bonds. The summed E-state index contributed by atoms with van der Waals surface area (Å²) >= 11 is 12.8. The lowest BCUT2D eigenvalue weighted by atomic mass is 10.0. The molecule has 0 saturated heterocycles. The summed E-state index contributed by atoms with van der Waals surface area (Å²) in [5, 5.41) is 5.53. The zero-order valence-electron chi connectivity index (χ0n) is 13.2. The molecular formula is C18H13Cl2NO4. The van der Waals surface area contributed by atoms with Gasteiger partial charge in [-0.05, 0) is 25.1 Å². The highest BCUT2D eigenvalue weighted by Gasteiger charge is 2.34. The van der Waals surface area contributed by atoms with Crippen LogP contribution in [0.5, 0.6) is 5.75 Å². The van der Waals surface area contributed by atoms with Crippen LogP contribution in [-0.4, -0.2) is 23.8 Å².